The molecular formula is C17H20FN. The SMILES string of the molecule is CCNCc1cc(-c2cc(C)cc(C)c2)ccc1F. The largest absolute Gasteiger partial charge is 0.313 e. The molecule has 1 nitrogen and oxygen atoms in total. The van der Waals surface area contributed by atoms with Crippen LogP contribution in [0.3, 0.4) is 0 Å². The fourth-order valence-electron chi connectivity index (χ4n) is 2.29. The summed E-state index contributed by atoms with van der Waals surface area (Å²) < 4.78 is 13.7. The zero-order chi connectivity index (χ0) is 13.8. The average Bonchev–Trinajstić information content (AvgIpc) is 2.36. The summed E-state index contributed by atoms with van der Waals surface area (Å²) in [6.45, 7) is 7.60. The molecule has 0 aromatic heterocycles. The van der Waals surface area contributed by atoms with Crippen LogP contribution in [0.1, 0.15) is 23.6 Å². The Morgan fingerprint density at radius 2 is 1.63 bits per heavy atom. The maximum Gasteiger partial charge on any atom is 0.127 e. The summed E-state index contributed by atoms with van der Waals surface area (Å²) in [7, 11) is 0. The van der Waals surface area contributed by atoms with Crippen LogP contribution >= 0.6 is 0 Å². The third kappa shape index (κ3) is 3.42. The van der Waals surface area contributed by atoms with Crippen molar-refractivity contribution in [3.63, 3.8) is 0 Å². The zero-order valence-corrected chi connectivity index (χ0v) is 11.8. The summed E-state index contributed by atoms with van der Waals surface area (Å²) in [5.74, 6) is -0.144. The van der Waals surface area contributed by atoms with Crippen molar-refractivity contribution in [2.24, 2.45) is 0 Å². The molecule has 0 saturated carbocycles. The van der Waals surface area contributed by atoms with E-state index in [9.17, 15) is 4.39 Å². The van der Waals surface area contributed by atoms with Gasteiger partial charge in [0.15, 0.2) is 0 Å². The first-order valence-corrected chi connectivity index (χ1v) is 6.68. The van der Waals surface area contributed by atoms with Crippen LogP contribution in [-0.4, -0.2) is 6.54 Å². The Hall–Kier alpha value is -1.67. The van der Waals surface area contributed by atoms with Crippen LogP contribution < -0.4 is 5.32 Å². The van der Waals surface area contributed by atoms with E-state index in [0.717, 1.165) is 23.2 Å². The maximum atomic E-state index is 13.7. The Morgan fingerprint density at radius 3 is 2.26 bits per heavy atom. The highest BCUT2D eigenvalue weighted by atomic mass is 19.1. The first-order chi connectivity index (χ1) is 9.10. The van der Waals surface area contributed by atoms with Gasteiger partial charge in [-0.25, -0.2) is 4.39 Å². The van der Waals surface area contributed by atoms with Crippen LogP contribution in [-0.2, 0) is 6.54 Å². The van der Waals surface area contributed by atoms with Gasteiger partial charge in [0.05, 0.1) is 0 Å². The van der Waals surface area contributed by atoms with Gasteiger partial charge < -0.3 is 5.32 Å². The summed E-state index contributed by atoms with van der Waals surface area (Å²) in [5, 5.41) is 3.17. The molecule has 0 bridgehead atoms. The van der Waals surface area contributed by atoms with Crippen LogP contribution in [0.4, 0.5) is 4.39 Å². The molecule has 0 fully saturated rings. The second-order valence-electron chi connectivity index (χ2n) is 4.96. The van der Waals surface area contributed by atoms with Crippen LogP contribution in [0.5, 0.6) is 0 Å². The predicted octanol–water partition coefficient (Wildman–Crippen LogP) is 4.22. The lowest BCUT2D eigenvalue weighted by Gasteiger charge is -2.09. The van der Waals surface area contributed by atoms with E-state index in [2.05, 4.69) is 37.4 Å². The lowest BCUT2D eigenvalue weighted by atomic mass is 9.99. The molecule has 2 heteroatoms. The van der Waals surface area contributed by atoms with E-state index >= 15 is 0 Å². The van der Waals surface area contributed by atoms with Crippen LogP contribution in [0.25, 0.3) is 11.1 Å². The molecule has 0 heterocycles. The number of hydrogen-bond donors (Lipinski definition) is 1. The molecule has 0 aliphatic carbocycles. The average molecular weight is 257 g/mol. The Bertz CT molecular complexity index is 555. The van der Waals surface area contributed by atoms with E-state index in [0.29, 0.717) is 6.54 Å². The van der Waals surface area contributed by atoms with E-state index in [-0.39, 0.29) is 5.82 Å². The van der Waals surface area contributed by atoms with E-state index in [1.54, 1.807) is 6.07 Å². The first kappa shape index (κ1) is 13.8. The number of hydrogen-bond acceptors (Lipinski definition) is 1. The molecule has 2 aromatic carbocycles. The topological polar surface area (TPSA) is 12.0 Å². The highest BCUT2D eigenvalue weighted by Gasteiger charge is 2.05. The Morgan fingerprint density at radius 1 is 0.947 bits per heavy atom. The fraction of sp³-hybridized carbons (Fsp3) is 0.294. The highest BCUT2D eigenvalue weighted by Crippen LogP contribution is 2.24. The van der Waals surface area contributed by atoms with E-state index in [1.165, 1.54) is 11.1 Å². The van der Waals surface area contributed by atoms with Crippen molar-refractivity contribution in [2.75, 3.05) is 6.54 Å². The van der Waals surface area contributed by atoms with Crippen molar-refractivity contribution in [1.29, 1.82) is 0 Å². The summed E-state index contributed by atoms with van der Waals surface area (Å²) in [5.41, 5.74) is 5.40. The van der Waals surface area contributed by atoms with E-state index < -0.39 is 0 Å². The molecule has 0 unspecified atom stereocenters. The summed E-state index contributed by atoms with van der Waals surface area (Å²) in [6, 6.07) is 11.8. The van der Waals surface area contributed by atoms with Gasteiger partial charge in [0, 0.05) is 12.1 Å². The second kappa shape index (κ2) is 5.98. The minimum Gasteiger partial charge on any atom is -0.313 e. The number of nitrogens with one attached hydrogen (secondary N) is 1. The number of rotatable bonds is 4. The lowest BCUT2D eigenvalue weighted by molar-refractivity contribution is 0.593. The number of halogens is 1. The molecule has 0 aliphatic heterocycles. The van der Waals surface area contributed by atoms with Crippen LogP contribution in [0.15, 0.2) is 36.4 Å². The van der Waals surface area contributed by atoms with Crippen LogP contribution in [0, 0.1) is 19.7 Å². The van der Waals surface area contributed by atoms with Crippen molar-refractivity contribution in [3.05, 3.63) is 58.9 Å². The van der Waals surface area contributed by atoms with Gasteiger partial charge in [-0.1, -0.05) is 42.3 Å². The van der Waals surface area contributed by atoms with Gasteiger partial charge >= 0.3 is 0 Å². The van der Waals surface area contributed by atoms with Gasteiger partial charge in [-0.05, 0) is 43.7 Å². The van der Waals surface area contributed by atoms with Crippen molar-refractivity contribution < 1.29 is 4.39 Å². The van der Waals surface area contributed by atoms with Crippen molar-refractivity contribution in [2.45, 2.75) is 27.3 Å². The Balaban J connectivity index is 2.39. The standard InChI is InChI=1S/C17H20FN/c1-4-19-11-16-10-14(5-6-17(16)18)15-8-12(2)7-13(3)9-15/h5-10,19H,4,11H2,1-3H3. The molecule has 0 aliphatic rings. The minimum absolute atomic E-state index is 0.144. The van der Waals surface area contributed by atoms with Crippen molar-refractivity contribution in [3.8, 4) is 11.1 Å². The molecule has 0 amide bonds. The van der Waals surface area contributed by atoms with Gasteiger partial charge in [-0.2, -0.15) is 0 Å². The summed E-state index contributed by atoms with van der Waals surface area (Å²) in [6.07, 6.45) is 0. The molecule has 2 aromatic rings. The van der Waals surface area contributed by atoms with E-state index in [1.807, 2.05) is 19.1 Å². The first-order valence-electron chi connectivity index (χ1n) is 6.68. The maximum absolute atomic E-state index is 13.7. The Kier molecular flexibility index (Phi) is 4.33. The summed E-state index contributed by atoms with van der Waals surface area (Å²) in [4.78, 5) is 0. The fourth-order valence-corrected chi connectivity index (χ4v) is 2.29. The molecule has 2 rings (SSSR count). The van der Waals surface area contributed by atoms with Gasteiger partial charge in [0.1, 0.15) is 5.82 Å². The summed E-state index contributed by atoms with van der Waals surface area (Å²) >= 11 is 0. The van der Waals surface area contributed by atoms with Crippen molar-refractivity contribution >= 4 is 0 Å². The molecule has 0 atom stereocenters. The molecule has 0 radical (unpaired) electrons. The molecule has 1 N–H and O–H groups in total. The minimum atomic E-state index is -0.144. The second-order valence-corrected chi connectivity index (χ2v) is 4.96. The lowest BCUT2D eigenvalue weighted by Crippen LogP contribution is -2.12. The molecule has 100 valence electrons. The van der Waals surface area contributed by atoms with Crippen molar-refractivity contribution in [1.82, 2.24) is 5.32 Å². The number of aryl methyl sites for hydroxylation is 2. The highest BCUT2D eigenvalue weighted by molar-refractivity contribution is 5.66. The quantitative estimate of drug-likeness (QED) is 0.864. The molecular weight excluding hydrogens is 237 g/mol. The molecule has 0 saturated heterocycles. The smallest absolute Gasteiger partial charge is 0.127 e. The normalized spacial score (nSPS) is 10.7. The van der Waals surface area contributed by atoms with Crippen LogP contribution in [0.2, 0.25) is 0 Å². The number of benzene rings is 2. The molecule has 0 spiro atoms. The third-order valence-corrected chi connectivity index (χ3v) is 3.17. The third-order valence-electron chi connectivity index (χ3n) is 3.17. The van der Waals surface area contributed by atoms with Gasteiger partial charge in [0.2, 0.25) is 0 Å². The van der Waals surface area contributed by atoms with Gasteiger partial charge in [-0.3, -0.25) is 0 Å². The van der Waals surface area contributed by atoms with Gasteiger partial charge in [0.25, 0.3) is 0 Å². The zero-order valence-electron chi connectivity index (χ0n) is 11.8. The molecule has 19 heavy (non-hydrogen) atoms. The predicted molar refractivity (Wildman–Crippen MR) is 78.7 cm³/mol. The Labute approximate surface area is 114 Å². The van der Waals surface area contributed by atoms with Gasteiger partial charge in [-0.15, -0.1) is 0 Å². The monoisotopic (exact) mass is 257 g/mol. The van der Waals surface area contributed by atoms with E-state index in [4.69, 9.17) is 0 Å².